The minimum atomic E-state index is -0.510. The lowest BCUT2D eigenvalue weighted by atomic mass is 9.62. The first-order valence-corrected chi connectivity index (χ1v) is 8.67. The Morgan fingerprint density at radius 3 is 2.38 bits per heavy atom. The number of phenols is 1. The predicted octanol–water partition coefficient (Wildman–Crippen LogP) is 5.27. The summed E-state index contributed by atoms with van der Waals surface area (Å²) >= 11 is 0. The highest BCUT2D eigenvalue weighted by Gasteiger charge is 2.38. The van der Waals surface area contributed by atoms with Gasteiger partial charge in [0.1, 0.15) is 17.4 Å². The van der Waals surface area contributed by atoms with Crippen LogP contribution < -0.4 is 0 Å². The fourth-order valence-electron chi connectivity index (χ4n) is 3.08. The summed E-state index contributed by atoms with van der Waals surface area (Å²) in [5.41, 5.74) is 0.279. The van der Waals surface area contributed by atoms with Gasteiger partial charge in [-0.3, -0.25) is 0 Å². The molecule has 0 unspecified atom stereocenters. The summed E-state index contributed by atoms with van der Waals surface area (Å²) in [5, 5.41) is 9.76. The van der Waals surface area contributed by atoms with Gasteiger partial charge in [0.25, 0.3) is 0 Å². The molecule has 0 saturated carbocycles. The summed E-state index contributed by atoms with van der Waals surface area (Å²) in [6.07, 6.45) is 11.3. The monoisotopic (exact) mass is 328 g/mol. The van der Waals surface area contributed by atoms with Crippen LogP contribution in [0, 0.1) is 10.8 Å². The molecule has 0 radical (unpaired) electrons. The molecule has 0 bridgehead atoms. The molecule has 0 amide bonds. The fraction of sp³-hybridized carbons (Fsp3) is 0.476. The van der Waals surface area contributed by atoms with Gasteiger partial charge in [-0.05, 0) is 36.1 Å². The molecule has 0 fully saturated rings. The second kappa shape index (κ2) is 7.25. The summed E-state index contributed by atoms with van der Waals surface area (Å²) in [6, 6.07) is 6.43. The number of esters is 1. The van der Waals surface area contributed by atoms with Gasteiger partial charge in [0.15, 0.2) is 0 Å². The smallest absolute Gasteiger partial charge is 0.342 e. The van der Waals surface area contributed by atoms with Gasteiger partial charge in [-0.15, -0.1) is 0 Å². The molecular weight excluding hydrogens is 300 g/mol. The zero-order valence-corrected chi connectivity index (χ0v) is 15.1. The lowest BCUT2D eigenvalue weighted by Gasteiger charge is -2.42. The van der Waals surface area contributed by atoms with Crippen LogP contribution in [-0.4, -0.2) is 17.2 Å². The normalized spacial score (nSPS) is 23.2. The Morgan fingerprint density at radius 2 is 1.83 bits per heavy atom. The van der Waals surface area contributed by atoms with E-state index in [1.807, 2.05) is 12.2 Å². The number of phenolic OH excluding ortho intramolecular Hbond substituents is 1. The van der Waals surface area contributed by atoms with E-state index in [1.165, 1.54) is 6.07 Å². The van der Waals surface area contributed by atoms with Crippen LogP contribution in [0.5, 0.6) is 5.75 Å². The number of para-hydroxylation sites is 1. The van der Waals surface area contributed by atoms with Gasteiger partial charge >= 0.3 is 5.97 Å². The van der Waals surface area contributed by atoms with Crippen LogP contribution in [-0.2, 0) is 4.74 Å². The molecule has 0 saturated heterocycles. The van der Waals surface area contributed by atoms with Crippen LogP contribution in [0.25, 0.3) is 0 Å². The van der Waals surface area contributed by atoms with E-state index in [0.29, 0.717) is 0 Å². The number of unbranched alkanes of at least 4 members (excludes halogenated alkanes) is 1. The number of carbonyl (C=O) groups excluding carboxylic acids is 1. The Labute approximate surface area is 145 Å². The SMILES string of the molecule is CCCCC1(C(C)(C)C)C=CC(OC(=O)c2ccccc2O)C=C1. The minimum Gasteiger partial charge on any atom is -0.507 e. The van der Waals surface area contributed by atoms with Crippen molar-refractivity contribution in [3.63, 3.8) is 0 Å². The molecule has 2 rings (SSSR count). The molecule has 24 heavy (non-hydrogen) atoms. The fourth-order valence-corrected chi connectivity index (χ4v) is 3.08. The Bertz CT molecular complexity index is 621. The Kier molecular flexibility index (Phi) is 5.53. The van der Waals surface area contributed by atoms with E-state index in [4.69, 9.17) is 4.74 Å². The van der Waals surface area contributed by atoms with Gasteiger partial charge in [0, 0.05) is 5.41 Å². The van der Waals surface area contributed by atoms with Gasteiger partial charge in [-0.2, -0.15) is 0 Å². The molecule has 3 heteroatoms. The second-order valence-corrected chi connectivity index (χ2v) is 7.50. The molecule has 3 nitrogen and oxygen atoms in total. The number of hydrogen-bond acceptors (Lipinski definition) is 3. The highest BCUT2D eigenvalue weighted by Crippen LogP contribution is 2.47. The van der Waals surface area contributed by atoms with Crippen LogP contribution in [0.4, 0.5) is 0 Å². The number of rotatable bonds is 5. The zero-order chi connectivity index (χ0) is 17.8. The summed E-state index contributed by atoms with van der Waals surface area (Å²) in [5.74, 6) is -0.567. The van der Waals surface area contributed by atoms with Gasteiger partial charge in [-0.1, -0.05) is 64.8 Å². The lowest BCUT2D eigenvalue weighted by Crippen LogP contribution is -2.34. The molecule has 1 aromatic carbocycles. The second-order valence-electron chi connectivity index (χ2n) is 7.50. The highest BCUT2D eigenvalue weighted by atomic mass is 16.5. The summed E-state index contributed by atoms with van der Waals surface area (Å²) in [4.78, 5) is 12.2. The quantitative estimate of drug-likeness (QED) is 0.592. The van der Waals surface area contributed by atoms with E-state index in [9.17, 15) is 9.90 Å². The van der Waals surface area contributed by atoms with Crippen LogP contribution in [0.1, 0.15) is 57.3 Å². The largest absolute Gasteiger partial charge is 0.507 e. The first kappa shape index (κ1) is 18.3. The molecule has 1 aromatic rings. The van der Waals surface area contributed by atoms with E-state index < -0.39 is 12.1 Å². The third-order valence-electron chi connectivity index (χ3n) is 4.87. The van der Waals surface area contributed by atoms with E-state index in [1.54, 1.807) is 18.2 Å². The van der Waals surface area contributed by atoms with Crippen molar-refractivity contribution in [2.75, 3.05) is 0 Å². The molecule has 0 atom stereocenters. The molecular formula is C21H28O3. The number of ether oxygens (including phenoxy) is 1. The van der Waals surface area contributed by atoms with Crippen molar-refractivity contribution in [1.29, 1.82) is 0 Å². The standard InChI is InChI=1S/C21H28O3/c1-5-6-13-21(20(2,3)4)14-11-16(12-15-21)24-19(23)17-9-7-8-10-18(17)22/h7-12,14-16,22H,5-6,13H2,1-4H3. The average molecular weight is 328 g/mol. The van der Waals surface area contributed by atoms with Gasteiger partial charge in [-0.25, -0.2) is 4.79 Å². The Morgan fingerprint density at radius 1 is 1.21 bits per heavy atom. The number of hydrogen-bond donors (Lipinski definition) is 1. The summed E-state index contributed by atoms with van der Waals surface area (Å²) in [6.45, 7) is 8.92. The van der Waals surface area contributed by atoms with E-state index in [2.05, 4.69) is 39.8 Å². The molecule has 0 heterocycles. The number of benzene rings is 1. The molecule has 1 N–H and O–H groups in total. The number of aromatic hydroxyl groups is 1. The van der Waals surface area contributed by atoms with Crippen molar-refractivity contribution in [3.05, 3.63) is 54.1 Å². The zero-order valence-electron chi connectivity index (χ0n) is 15.1. The van der Waals surface area contributed by atoms with Crippen LogP contribution in [0.2, 0.25) is 0 Å². The topological polar surface area (TPSA) is 46.5 Å². The Balaban J connectivity index is 2.11. The molecule has 0 aliphatic heterocycles. The summed E-state index contributed by atoms with van der Waals surface area (Å²) in [7, 11) is 0. The van der Waals surface area contributed by atoms with Crippen LogP contribution in [0.3, 0.4) is 0 Å². The van der Waals surface area contributed by atoms with Crippen LogP contribution >= 0.6 is 0 Å². The lowest BCUT2D eigenvalue weighted by molar-refractivity contribution is 0.0449. The van der Waals surface area contributed by atoms with Crippen molar-refractivity contribution in [1.82, 2.24) is 0 Å². The number of allylic oxidation sites excluding steroid dienone is 2. The highest BCUT2D eigenvalue weighted by molar-refractivity contribution is 5.92. The van der Waals surface area contributed by atoms with Crippen molar-refractivity contribution in [3.8, 4) is 5.75 Å². The van der Waals surface area contributed by atoms with E-state index >= 15 is 0 Å². The number of carbonyl (C=O) groups is 1. The van der Waals surface area contributed by atoms with Gasteiger partial charge in [0.2, 0.25) is 0 Å². The van der Waals surface area contributed by atoms with Gasteiger partial charge in [0.05, 0.1) is 0 Å². The molecule has 1 aliphatic rings. The maximum atomic E-state index is 12.2. The van der Waals surface area contributed by atoms with Crippen molar-refractivity contribution in [2.24, 2.45) is 10.8 Å². The maximum absolute atomic E-state index is 12.2. The molecule has 130 valence electrons. The molecule has 0 spiro atoms. The van der Waals surface area contributed by atoms with E-state index in [0.717, 1.165) is 19.3 Å². The molecule has 1 aliphatic carbocycles. The first-order chi connectivity index (χ1) is 11.3. The van der Waals surface area contributed by atoms with Gasteiger partial charge < -0.3 is 9.84 Å². The summed E-state index contributed by atoms with van der Waals surface area (Å²) < 4.78 is 5.50. The van der Waals surface area contributed by atoms with Crippen molar-refractivity contribution >= 4 is 5.97 Å². The average Bonchev–Trinajstić information content (AvgIpc) is 2.53. The Hall–Kier alpha value is -2.03. The minimum absolute atomic E-state index is 0.0131. The van der Waals surface area contributed by atoms with E-state index in [-0.39, 0.29) is 22.1 Å². The third-order valence-corrected chi connectivity index (χ3v) is 4.87. The van der Waals surface area contributed by atoms with Crippen LogP contribution in [0.15, 0.2) is 48.6 Å². The first-order valence-electron chi connectivity index (χ1n) is 8.67. The maximum Gasteiger partial charge on any atom is 0.342 e. The molecule has 0 aromatic heterocycles. The van der Waals surface area contributed by atoms with Crippen molar-refractivity contribution < 1.29 is 14.6 Å². The predicted molar refractivity (Wildman–Crippen MR) is 97.0 cm³/mol. The third kappa shape index (κ3) is 3.89. The van der Waals surface area contributed by atoms with Crippen molar-refractivity contribution in [2.45, 2.75) is 53.1 Å².